The second kappa shape index (κ2) is 5.71. The highest BCUT2D eigenvalue weighted by atomic mass is 16.5. The second-order valence-corrected chi connectivity index (χ2v) is 4.24. The molecule has 0 saturated carbocycles. The van der Waals surface area contributed by atoms with E-state index in [1.54, 1.807) is 12.1 Å². The number of phenols is 1. The largest absolute Gasteiger partial charge is 0.504 e. The summed E-state index contributed by atoms with van der Waals surface area (Å²) < 4.78 is 10.2. The van der Waals surface area contributed by atoms with Gasteiger partial charge in [0.2, 0.25) is 11.7 Å². The molecule has 1 atom stereocenters. The molecule has 0 aliphatic rings. The number of hydrogen-bond donors (Lipinski definition) is 2. The molecule has 0 aliphatic heterocycles. The zero-order valence-corrected chi connectivity index (χ0v) is 11.0. The van der Waals surface area contributed by atoms with Gasteiger partial charge in [-0.15, -0.1) is 0 Å². The van der Waals surface area contributed by atoms with Gasteiger partial charge in [-0.3, -0.25) is 0 Å². The van der Waals surface area contributed by atoms with E-state index < -0.39 is 0 Å². The van der Waals surface area contributed by atoms with E-state index in [0.717, 1.165) is 12.8 Å². The summed E-state index contributed by atoms with van der Waals surface area (Å²) in [6, 6.07) is 4.62. The number of nitrogens with zero attached hydrogens (tertiary/aromatic N) is 2. The average Bonchev–Trinajstić information content (AvgIpc) is 2.89. The maximum absolute atomic E-state index is 9.54. The Morgan fingerprint density at radius 1 is 1.47 bits per heavy atom. The Balaban J connectivity index is 2.27. The molecular weight excluding hydrogens is 246 g/mol. The second-order valence-electron chi connectivity index (χ2n) is 4.24. The average molecular weight is 263 g/mol. The first-order valence-electron chi connectivity index (χ1n) is 6.12. The molecule has 6 heteroatoms. The standard InChI is InChI=1S/C13H17N3O3/c1-3-4-9(14)13-15-12(16-19-13)8-5-6-10(17)11(7-8)18-2/h5-7,9,17H,3-4,14H2,1-2H3/t9-/m0/s1. The van der Waals surface area contributed by atoms with Crippen LogP contribution in [0, 0.1) is 0 Å². The highest BCUT2D eigenvalue weighted by Gasteiger charge is 2.15. The summed E-state index contributed by atoms with van der Waals surface area (Å²) in [5, 5.41) is 13.4. The predicted molar refractivity (Wildman–Crippen MR) is 69.8 cm³/mol. The van der Waals surface area contributed by atoms with Gasteiger partial charge in [0.05, 0.1) is 13.2 Å². The highest BCUT2D eigenvalue weighted by molar-refractivity contribution is 5.60. The van der Waals surface area contributed by atoms with E-state index in [1.165, 1.54) is 13.2 Å². The number of rotatable bonds is 5. The maximum atomic E-state index is 9.54. The Morgan fingerprint density at radius 3 is 2.95 bits per heavy atom. The zero-order valence-electron chi connectivity index (χ0n) is 11.0. The van der Waals surface area contributed by atoms with Crippen LogP contribution in [-0.4, -0.2) is 22.4 Å². The smallest absolute Gasteiger partial charge is 0.243 e. The molecule has 3 N–H and O–H groups in total. The van der Waals surface area contributed by atoms with E-state index >= 15 is 0 Å². The lowest BCUT2D eigenvalue weighted by molar-refractivity contribution is 0.348. The van der Waals surface area contributed by atoms with E-state index in [1.807, 2.05) is 6.92 Å². The summed E-state index contributed by atoms with van der Waals surface area (Å²) in [4.78, 5) is 4.26. The molecule has 0 unspecified atom stereocenters. The lowest BCUT2D eigenvalue weighted by Gasteiger charge is -2.04. The number of aromatic hydroxyl groups is 1. The van der Waals surface area contributed by atoms with Crippen LogP contribution >= 0.6 is 0 Å². The molecule has 0 aliphatic carbocycles. The minimum atomic E-state index is -0.245. The molecule has 1 aromatic carbocycles. The molecule has 0 bridgehead atoms. The molecule has 0 radical (unpaired) electrons. The minimum absolute atomic E-state index is 0.0673. The number of aromatic nitrogens is 2. The van der Waals surface area contributed by atoms with E-state index in [2.05, 4.69) is 10.1 Å². The number of methoxy groups -OCH3 is 1. The lowest BCUT2D eigenvalue weighted by Crippen LogP contribution is -2.09. The van der Waals surface area contributed by atoms with Crippen LogP contribution in [0.4, 0.5) is 0 Å². The van der Waals surface area contributed by atoms with Crippen LogP contribution in [0.5, 0.6) is 11.5 Å². The van der Waals surface area contributed by atoms with Gasteiger partial charge >= 0.3 is 0 Å². The van der Waals surface area contributed by atoms with Gasteiger partial charge < -0.3 is 20.1 Å². The Bertz CT molecular complexity index is 554. The number of nitrogens with two attached hydrogens (primary N) is 1. The van der Waals surface area contributed by atoms with Crippen LogP contribution in [0.15, 0.2) is 22.7 Å². The molecule has 2 rings (SSSR count). The highest BCUT2D eigenvalue weighted by Crippen LogP contribution is 2.30. The molecule has 19 heavy (non-hydrogen) atoms. The van der Waals surface area contributed by atoms with Crippen molar-refractivity contribution < 1.29 is 14.4 Å². The van der Waals surface area contributed by atoms with Crippen LogP contribution in [0.1, 0.15) is 31.7 Å². The lowest BCUT2D eigenvalue weighted by atomic mass is 10.1. The van der Waals surface area contributed by atoms with E-state index in [4.69, 9.17) is 15.0 Å². The van der Waals surface area contributed by atoms with Gasteiger partial charge in [0.15, 0.2) is 11.5 Å². The van der Waals surface area contributed by atoms with Crippen LogP contribution in [0.25, 0.3) is 11.4 Å². The van der Waals surface area contributed by atoms with Gasteiger partial charge in [-0.1, -0.05) is 18.5 Å². The van der Waals surface area contributed by atoms with Crippen molar-refractivity contribution in [1.29, 1.82) is 0 Å². The fraction of sp³-hybridized carbons (Fsp3) is 0.385. The first-order valence-corrected chi connectivity index (χ1v) is 6.12. The molecular formula is C13H17N3O3. The van der Waals surface area contributed by atoms with Gasteiger partial charge in [0.1, 0.15) is 0 Å². The summed E-state index contributed by atoms with van der Waals surface area (Å²) in [6.07, 6.45) is 1.74. The first kappa shape index (κ1) is 13.4. The Morgan fingerprint density at radius 2 is 2.26 bits per heavy atom. The van der Waals surface area contributed by atoms with Crippen molar-refractivity contribution in [1.82, 2.24) is 10.1 Å². The molecule has 6 nitrogen and oxygen atoms in total. The van der Waals surface area contributed by atoms with Crippen molar-refractivity contribution in [2.45, 2.75) is 25.8 Å². The van der Waals surface area contributed by atoms with E-state index in [0.29, 0.717) is 23.0 Å². The monoisotopic (exact) mass is 263 g/mol. The third kappa shape index (κ3) is 2.85. The third-order valence-electron chi connectivity index (χ3n) is 2.80. The molecule has 0 fully saturated rings. The number of benzene rings is 1. The van der Waals surface area contributed by atoms with Crippen molar-refractivity contribution in [2.75, 3.05) is 7.11 Å². The summed E-state index contributed by atoms with van der Waals surface area (Å²) >= 11 is 0. The van der Waals surface area contributed by atoms with Crippen molar-refractivity contribution in [3.05, 3.63) is 24.1 Å². The zero-order chi connectivity index (χ0) is 13.8. The van der Waals surface area contributed by atoms with Gasteiger partial charge in [0.25, 0.3) is 0 Å². The fourth-order valence-electron chi connectivity index (χ4n) is 1.75. The molecule has 0 saturated heterocycles. The summed E-state index contributed by atoms with van der Waals surface area (Å²) in [6.45, 7) is 2.04. The first-order chi connectivity index (χ1) is 9.15. The normalized spacial score (nSPS) is 12.4. The van der Waals surface area contributed by atoms with Crippen LogP contribution in [0.3, 0.4) is 0 Å². The molecule has 102 valence electrons. The maximum Gasteiger partial charge on any atom is 0.243 e. The van der Waals surface area contributed by atoms with Crippen LogP contribution in [0.2, 0.25) is 0 Å². The summed E-state index contributed by atoms with van der Waals surface area (Å²) in [7, 11) is 1.48. The van der Waals surface area contributed by atoms with E-state index in [9.17, 15) is 5.11 Å². The Kier molecular flexibility index (Phi) is 4.01. The van der Waals surface area contributed by atoms with Gasteiger partial charge in [0, 0.05) is 5.56 Å². The van der Waals surface area contributed by atoms with Crippen molar-refractivity contribution in [3.8, 4) is 22.9 Å². The number of ether oxygens (including phenoxy) is 1. The third-order valence-corrected chi connectivity index (χ3v) is 2.80. The van der Waals surface area contributed by atoms with Gasteiger partial charge in [-0.25, -0.2) is 0 Å². The molecule has 1 aromatic heterocycles. The van der Waals surface area contributed by atoms with Gasteiger partial charge in [-0.05, 0) is 24.6 Å². The van der Waals surface area contributed by atoms with Crippen molar-refractivity contribution in [3.63, 3.8) is 0 Å². The molecule has 1 heterocycles. The topological polar surface area (TPSA) is 94.4 Å². The van der Waals surface area contributed by atoms with Crippen LogP contribution in [-0.2, 0) is 0 Å². The summed E-state index contributed by atoms with van der Waals surface area (Å²) in [5.74, 6) is 1.28. The molecule has 0 amide bonds. The van der Waals surface area contributed by atoms with E-state index in [-0.39, 0.29) is 11.8 Å². The van der Waals surface area contributed by atoms with Gasteiger partial charge in [-0.2, -0.15) is 4.98 Å². The molecule has 0 spiro atoms. The predicted octanol–water partition coefficient (Wildman–Crippen LogP) is 2.25. The van der Waals surface area contributed by atoms with Crippen molar-refractivity contribution in [2.24, 2.45) is 5.73 Å². The number of phenolic OH excluding ortho intramolecular Hbond substituents is 1. The fourth-order valence-corrected chi connectivity index (χ4v) is 1.75. The Hall–Kier alpha value is -2.08. The molecule has 2 aromatic rings. The quantitative estimate of drug-likeness (QED) is 0.859. The Labute approximate surface area is 111 Å². The minimum Gasteiger partial charge on any atom is -0.504 e. The summed E-state index contributed by atoms with van der Waals surface area (Å²) in [5.41, 5.74) is 6.62. The number of hydrogen-bond acceptors (Lipinski definition) is 6. The van der Waals surface area contributed by atoms with Crippen molar-refractivity contribution >= 4 is 0 Å². The SMILES string of the molecule is CCC[C@H](N)c1nc(-c2ccc(O)c(OC)c2)no1. The van der Waals surface area contributed by atoms with Crippen LogP contribution < -0.4 is 10.5 Å².